The zero-order valence-corrected chi connectivity index (χ0v) is 8.67. The lowest BCUT2D eigenvalue weighted by atomic mass is 10.3. The zero-order valence-electron chi connectivity index (χ0n) is 8.67. The van der Waals surface area contributed by atoms with E-state index in [4.69, 9.17) is 9.31 Å². The number of H-pyrrole nitrogens is 2. The maximum atomic E-state index is 11.2. The molecule has 0 aliphatic rings. The predicted molar refractivity (Wildman–Crippen MR) is 61.1 cm³/mol. The second kappa shape index (κ2) is 5.06. The number of nitrogens with one attached hydrogen (secondary N) is 2. The van der Waals surface area contributed by atoms with Crippen LogP contribution in [0.4, 0.5) is 0 Å². The summed E-state index contributed by atoms with van der Waals surface area (Å²) in [6.45, 7) is 0. The fourth-order valence-electron chi connectivity index (χ4n) is 1.13. The lowest BCUT2D eigenvalue weighted by Crippen LogP contribution is -2.20. The van der Waals surface area contributed by atoms with Crippen molar-refractivity contribution in [1.82, 2.24) is 9.97 Å². The molecule has 2 aromatic heterocycles. The van der Waals surface area contributed by atoms with Crippen molar-refractivity contribution < 1.29 is 9.31 Å². The highest BCUT2D eigenvalue weighted by Crippen LogP contribution is 2.01. The van der Waals surface area contributed by atoms with E-state index in [9.17, 15) is 9.59 Å². The standard InChI is InChI=1S/C10H8BN2O4/c14-9-7(3-1-5-12-9)16-11-17-8-4-2-6-13-10(8)15/h1-6H,(H,12,14)(H,13,15). The van der Waals surface area contributed by atoms with Gasteiger partial charge in [-0.2, -0.15) is 0 Å². The molecule has 0 unspecified atom stereocenters. The number of hydrogen-bond donors (Lipinski definition) is 2. The monoisotopic (exact) mass is 231 g/mol. The first kappa shape index (κ1) is 11.1. The first-order valence-electron chi connectivity index (χ1n) is 4.78. The third kappa shape index (κ3) is 2.78. The van der Waals surface area contributed by atoms with Gasteiger partial charge in [-0.1, -0.05) is 0 Å². The predicted octanol–water partition coefficient (Wildman–Crippen LogP) is 0.0552. The first-order chi connectivity index (χ1) is 8.27. The molecule has 0 bridgehead atoms. The molecule has 0 fully saturated rings. The van der Waals surface area contributed by atoms with E-state index >= 15 is 0 Å². The maximum absolute atomic E-state index is 11.2. The fourth-order valence-corrected chi connectivity index (χ4v) is 1.13. The molecule has 7 heteroatoms. The molecule has 2 N–H and O–H groups in total. The SMILES string of the molecule is O=c1[nH]cccc1O[B]Oc1ccc[nH]c1=O. The zero-order chi connectivity index (χ0) is 12.1. The van der Waals surface area contributed by atoms with Crippen LogP contribution in [0.25, 0.3) is 0 Å². The van der Waals surface area contributed by atoms with Crippen LogP contribution < -0.4 is 20.4 Å². The third-order valence-electron chi connectivity index (χ3n) is 1.91. The van der Waals surface area contributed by atoms with Crippen LogP contribution in [0, 0.1) is 0 Å². The van der Waals surface area contributed by atoms with Gasteiger partial charge in [-0.3, -0.25) is 9.59 Å². The van der Waals surface area contributed by atoms with Crippen LogP contribution in [-0.2, 0) is 0 Å². The van der Waals surface area contributed by atoms with Crippen LogP contribution in [0.15, 0.2) is 46.2 Å². The summed E-state index contributed by atoms with van der Waals surface area (Å²) >= 11 is 0. The highest BCUT2D eigenvalue weighted by Gasteiger charge is 2.06. The van der Waals surface area contributed by atoms with Gasteiger partial charge in [0.25, 0.3) is 11.1 Å². The molecular formula is C10H8BN2O4. The minimum absolute atomic E-state index is 0.0832. The molecule has 2 heterocycles. The Kier molecular flexibility index (Phi) is 3.30. The van der Waals surface area contributed by atoms with E-state index in [1.807, 2.05) is 0 Å². The van der Waals surface area contributed by atoms with Crippen molar-refractivity contribution >= 4 is 7.69 Å². The molecule has 2 rings (SSSR count). The molecule has 0 amide bonds. The van der Waals surface area contributed by atoms with Gasteiger partial charge in [0.2, 0.25) is 0 Å². The smallest absolute Gasteiger partial charge is 0.522 e. The van der Waals surface area contributed by atoms with Gasteiger partial charge in [-0.15, -0.1) is 0 Å². The molecule has 85 valence electrons. The summed E-state index contributed by atoms with van der Waals surface area (Å²) in [6, 6.07) is 6.18. The van der Waals surface area contributed by atoms with Gasteiger partial charge in [0, 0.05) is 12.4 Å². The summed E-state index contributed by atoms with van der Waals surface area (Å²) in [5.41, 5.74) is -0.761. The lowest BCUT2D eigenvalue weighted by molar-refractivity contribution is 0.451. The molecule has 0 aromatic carbocycles. The van der Waals surface area contributed by atoms with Gasteiger partial charge in [-0.25, -0.2) is 0 Å². The molecule has 0 atom stereocenters. The Morgan fingerprint density at radius 2 is 1.35 bits per heavy atom. The molecule has 0 aliphatic heterocycles. The molecule has 2 aromatic rings. The normalized spacial score (nSPS) is 9.65. The number of pyridine rings is 2. The van der Waals surface area contributed by atoms with E-state index < -0.39 is 0 Å². The Hall–Kier alpha value is -2.44. The van der Waals surface area contributed by atoms with Gasteiger partial charge < -0.3 is 19.3 Å². The Labute approximate surface area is 96.5 Å². The number of aromatic nitrogens is 2. The number of hydrogen-bond acceptors (Lipinski definition) is 4. The largest absolute Gasteiger partial charge is 0.658 e. The van der Waals surface area contributed by atoms with E-state index in [1.165, 1.54) is 24.5 Å². The topological polar surface area (TPSA) is 84.2 Å². The van der Waals surface area contributed by atoms with E-state index in [-0.39, 0.29) is 22.6 Å². The lowest BCUT2D eigenvalue weighted by Gasteiger charge is -2.03. The third-order valence-corrected chi connectivity index (χ3v) is 1.91. The second-order valence-electron chi connectivity index (χ2n) is 3.06. The van der Waals surface area contributed by atoms with Crippen LogP contribution in [0.2, 0.25) is 0 Å². The number of aromatic amines is 2. The minimum Gasteiger partial charge on any atom is -0.522 e. The van der Waals surface area contributed by atoms with Gasteiger partial charge >= 0.3 is 7.69 Å². The summed E-state index contributed by atoms with van der Waals surface area (Å²) in [6.07, 6.45) is 2.97. The molecule has 0 aliphatic carbocycles. The van der Waals surface area contributed by atoms with Crippen LogP contribution in [0.1, 0.15) is 0 Å². The van der Waals surface area contributed by atoms with E-state index in [1.54, 1.807) is 12.1 Å². The van der Waals surface area contributed by atoms with Gasteiger partial charge in [-0.05, 0) is 24.3 Å². The van der Waals surface area contributed by atoms with Crippen molar-refractivity contribution in [2.75, 3.05) is 0 Å². The maximum Gasteiger partial charge on any atom is 0.658 e. The van der Waals surface area contributed by atoms with Gasteiger partial charge in [0.15, 0.2) is 11.5 Å². The van der Waals surface area contributed by atoms with Crippen molar-refractivity contribution in [2.24, 2.45) is 0 Å². The van der Waals surface area contributed by atoms with Crippen LogP contribution >= 0.6 is 0 Å². The molecule has 17 heavy (non-hydrogen) atoms. The Bertz CT molecular complexity index is 554. The van der Waals surface area contributed by atoms with E-state index in [2.05, 4.69) is 9.97 Å². The summed E-state index contributed by atoms with van der Waals surface area (Å²) in [5, 5.41) is 0. The molecule has 0 spiro atoms. The van der Waals surface area contributed by atoms with E-state index in [0.29, 0.717) is 0 Å². The fraction of sp³-hybridized carbons (Fsp3) is 0. The molecule has 0 saturated carbocycles. The van der Waals surface area contributed by atoms with Crippen molar-refractivity contribution in [2.45, 2.75) is 0 Å². The second-order valence-corrected chi connectivity index (χ2v) is 3.06. The van der Waals surface area contributed by atoms with E-state index in [0.717, 1.165) is 7.69 Å². The number of rotatable bonds is 4. The molecular weight excluding hydrogens is 223 g/mol. The van der Waals surface area contributed by atoms with Crippen molar-refractivity contribution in [3.63, 3.8) is 0 Å². The van der Waals surface area contributed by atoms with Crippen LogP contribution in [0.5, 0.6) is 11.5 Å². The molecule has 1 radical (unpaired) electrons. The van der Waals surface area contributed by atoms with Crippen molar-refractivity contribution in [3.8, 4) is 11.5 Å². The van der Waals surface area contributed by atoms with Crippen LogP contribution in [-0.4, -0.2) is 17.7 Å². The highest BCUT2D eigenvalue weighted by atomic mass is 16.6. The van der Waals surface area contributed by atoms with Gasteiger partial charge in [0.05, 0.1) is 0 Å². The summed E-state index contributed by atoms with van der Waals surface area (Å²) < 4.78 is 9.90. The minimum atomic E-state index is -0.380. The average Bonchev–Trinajstić information content (AvgIpc) is 2.34. The van der Waals surface area contributed by atoms with Crippen molar-refractivity contribution in [1.29, 1.82) is 0 Å². The highest BCUT2D eigenvalue weighted by molar-refractivity contribution is 6.20. The average molecular weight is 231 g/mol. The summed E-state index contributed by atoms with van der Waals surface area (Å²) in [7, 11) is 0.926. The first-order valence-corrected chi connectivity index (χ1v) is 4.78. The van der Waals surface area contributed by atoms with Crippen molar-refractivity contribution in [3.05, 3.63) is 57.4 Å². The Morgan fingerprint density at radius 3 is 1.76 bits per heavy atom. The molecule has 6 nitrogen and oxygen atoms in total. The van der Waals surface area contributed by atoms with Crippen LogP contribution in [0.3, 0.4) is 0 Å². The Balaban J connectivity index is 1.97. The quantitative estimate of drug-likeness (QED) is 0.728. The molecule has 0 saturated heterocycles. The van der Waals surface area contributed by atoms with Gasteiger partial charge in [0.1, 0.15) is 0 Å². The Morgan fingerprint density at radius 1 is 0.882 bits per heavy atom. The summed E-state index contributed by atoms with van der Waals surface area (Å²) in [5.74, 6) is 0.166. The summed E-state index contributed by atoms with van der Waals surface area (Å²) in [4.78, 5) is 27.3.